The first kappa shape index (κ1) is 34.9. The van der Waals surface area contributed by atoms with Crippen molar-refractivity contribution in [2.24, 2.45) is 29.6 Å². The summed E-state index contributed by atoms with van der Waals surface area (Å²) in [5.41, 5.74) is 6.10. The van der Waals surface area contributed by atoms with E-state index >= 15 is 0 Å². The number of oxazole rings is 2. The van der Waals surface area contributed by atoms with Gasteiger partial charge >= 0.3 is 0 Å². The summed E-state index contributed by atoms with van der Waals surface area (Å²) in [7, 11) is 1.45. The lowest BCUT2D eigenvalue weighted by Gasteiger charge is -2.44. The molecule has 290 valence electrons. The number of rotatable bonds is 6. The predicted octanol–water partition coefficient (Wildman–Crippen LogP) is 8.06. The van der Waals surface area contributed by atoms with Crippen molar-refractivity contribution in [3.05, 3.63) is 132 Å². The van der Waals surface area contributed by atoms with Crippen LogP contribution in [0.4, 0.5) is 11.4 Å². The van der Waals surface area contributed by atoms with E-state index in [1.807, 2.05) is 54.6 Å². The van der Waals surface area contributed by atoms with E-state index < -0.39 is 47.3 Å². The molecule has 0 radical (unpaired) electrons. The molecule has 1 saturated carbocycles. The number of methoxy groups -OCH3 is 1. The van der Waals surface area contributed by atoms with Crippen LogP contribution in [0.1, 0.15) is 24.3 Å². The van der Waals surface area contributed by atoms with Crippen LogP contribution in [0.3, 0.4) is 0 Å². The maximum Gasteiger partial charge on any atom is 0.238 e. The first-order valence-corrected chi connectivity index (χ1v) is 19.5. The van der Waals surface area contributed by atoms with Crippen LogP contribution in [-0.2, 0) is 19.2 Å². The summed E-state index contributed by atoms with van der Waals surface area (Å²) in [5, 5.41) is 11.6. The standard InChI is InChI=1S/C47H34N4O8/c1-57-37-12-6-7-29(41(37)52)38-28-21-22-30-39(46(55)50(44(30)53)26-17-13-24(14-18-26)42-48-33-8-2-4-10-35(33)58-42)31(28)23-32-40(38)47(56)51(45(32)54)27-19-15-25(16-20-27)43-49-34-9-3-5-11-36(34)59-43/h2-21,30-32,38-40,52H,22-23H2,1H3/t30-,31+,32+,38+,39-,40+/m0/s1. The zero-order chi connectivity index (χ0) is 40.1. The zero-order valence-corrected chi connectivity index (χ0v) is 31.5. The van der Waals surface area contributed by atoms with Gasteiger partial charge in [-0.05, 0) is 97.6 Å². The van der Waals surface area contributed by atoms with Gasteiger partial charge < -0.3 is 18.7 Å². The quantitative estimate of drug-likeness (QED) is 0.129. The van der Waals surface area contributed by atoms with Gasteiger partial charge in [-0.25, -0.2) is 9.97 Å². The Labute approximate surface area is 336 Å². The van der Waals surface area contributed by atoms with Crippen molar-refractivity contribution in [3.63, 3.8) is 0 Å². The number of aromatic hydroxyl groups is 1. The van der Waals surface area contributed by atoms with Crippen LogP contribution in [0.25, 0.3) is 45.1 Å². The molecule has 7 aromatic rings. The molecule has 12 nitrogen and oxygen atoms in total. The monoisotopic (exact) mass is 782 g/mol. The van der Waals surface area contributed by atoms with Crippen molar-refractivity contribution < 1.29 is 37.9 Å². The number of phenolic OH excluding ortho intramolecular Hbond substituents is 1. The highest BCUT2D eigenvalue weighted by atomic mass is 16.5. The summed E-state index contributed by atoms with van der Waals surface area (Å²) in [4.78, 5) is 69.7. The fraction of sp³-hybridized carbons (Fsp3) is 0.191. The number of aromatic nitrogens is 2. The van der Waals surface area contributed by atoms with Gasteiger partial charge in [0.1, 0.15) is 11.0 Å². The molecule has 4 amide bonds. The van der Waals surface area contributed by atoms with Crippen molar-refractivity contribution in [3.8, 4) is 34.4 Å². The van der Waals surface area contributed by atoms with E-state index in [4.69, 9.17) is 13.6 Å². The van der Waals surface area contributed by atoms with Crippen LogP contribution in [0.2, 0.25) is 0 Å². The van der Waals surface area contributed by atoms with Crippen molar-refractivity contribution in [2.75, 3.05) is 16.9 Å². The van der Waals surface area contributed by atoms with Gasteiger partial charge in [0.2, 0.25) is 35.4 Å². The van der Waals surface area contributed by atoms with E-state index in [-0.39, 0.29) is 36.2 Å². The van der Waals surface area contributed by atoms with E-state index in [2.05, 4.69) is 9.97 Å². The fourth-order valence-corrected chi connectivity index (χ4v) is 9.90. The van der Waals surface area contributed by atoms with E-state index in [9.17, 15) is 24.3 Å². The normalized spacial score (nSPS) is 23.8. The third kappa shape index (κ3) is 5.22. The van der Waals surface area contributed by atoms with Crippen LogP contribution in [0, 0.1) is 29.6 Å². The Balaban J connectivity index is 0.938. The Morgan fingerprint density at radius 3 is 1.71 bits per heavy atom. The topological polar surface area (TPSA) is 156 Å². The number of anilines is 2. The van der Waals surface area contributed by atoms with E-state index in [0.29, 0.717) is 56.5 Å². The number of nitrogens with zero attached hydrogens (tertiary/aromatic N) is 4. The predicted molar refractivity (Wildman–Crippen MR) is 216 cm³/mol. The van der Waals surface area contributed by atoms with Gasteiger partial charge in [-0.15, -0.1) is 0 Å². The average molecular weight is 783 g/mol. The Morgan fingerprint density at radius 1 is 0.610 bits per heavy atom. The van der Waals surface area contributed by atoms with Crippen LogP contribution in [0.15, 0.2) is 136 Å². The van der Waals surface area contributed by atoms with E-state index in [1.165, 1.54) is 16.9 Å². The summed E-state index contributed by atoms with van der Waals surface area (Å²) in [5.74, 6) is -5.02. The molecule has 3 fully saturated rings. The number of hydrogen-bond donors (Lipinski definition) is 1. The number of carbonyl (C=O) groups excluding carboxylic acids is 4. The van der Waals surface area contributed by atoms with Crippen molar-refractivity contribution >= 4 is 57.2 Å². The Bertz CT molecular complexity index is 2860. The summed E-state index contributed by atoms with van der Waals surface area (Å²) in [6, 6.07) is 33.9. The third-order valence-electron chi connectivity index (χ3n) is 12.6. The number of para-hydroxylation sites is 5. The number of hydrogen-bond acceptors (Lipinski definition) is 10. The Morgan fingerprint density at radius 2 is 1.15 bits per heavy atom. The molecule has 4 heterocycles. The number of fused-ring (bicyclic) bond motifs is 6. The number of imide groups is 2. The first-order chi connectivity index (χ1) is 28.8. The molecule has 0 spiro atoms. The largest absolute Gasteiger partial charge is 0.504 e. The second-order valence-corrected chi connectivity index (χ2v) is 15.5. The van der Waals surface area contributed by atoms with E-state index in [0.717, 1.165) is 11.1 Å². The summed E-state index contributed by atoms with van der Waals surface area (Å²) in [6.45, 7) is 0. The molecule has 6 atom stereocenters. The van der Waals surface area contributed by atoms with Crippen molar-refractivity contribution in [2.45, 2.75) is 18.8 Å². The second kappa shape index (κ2) is 13.1. The molecule has 2 aromatic heterocycles. The lowest BCUT2D eigenvalue weighted by Crippen LogP contribution is -2.43. The molecule has 5 aromatic carbocycles. The van der Waals surface area contributed by atoms with Crippen molar-refractivity contribution in [1.29, 1.82) is 0 Å². The minimum absolute atomic E-state index is 0.140. The van der Waals surface area contributed by atoms with Crippen molar-refractivity contribution in [1.82, 2.24) is 9.97 Å². The lowest BCUT2D eigenvalue weighted by atomic mass is 9.57. The fourth-order valence-electron chi connectivity index (χ4n) is 9.90. The molecule has 4 aliphatic rings. The van der Waals surface area contributed by atoms with Gasteiger partial charge in [0, 0.05) is 22.6 Å². The molecule has 2 aliphatic carbocycles. The molecule has 0 unspecified atom stereocenters. The number of allylic oxidation sites excluding steroid dienone is 2. The molecule has 59 heavy (non-hydrogen) atoms. The van der Waals surface area contributed by atoms with Gasteiger partial charge in [0.05, 0.1) is 42.2 Å². The number of ether oxygens (including phenoxy) is 1. The van der Waals surface area contributed by atoms with Crippen LogP contribution >= 0.6 is 0 Å². The van der Waals surface area contributed by atoms with Gasteiger partial charge in [0.15, 0.2) is 22.7 Å². The summed E-state index contributed by atoms with van der Waals surface area (Å²) < 4.78 is 17.4. The smallest absolute Gasteiger partial charge is 0.238 e. The first-order valence-electron chi connectivity index (χ1n) is 19.5. The Hall–Kier alpha value is -7.34. The SMILES string of the molecule is COc1cccc([C@H]2C3=CC[C@@H]4C(=O)N(c5ccc(-c6nc7ccccc7o6)cc5)C(=O)[C@@H]4[C@@H]3C[C@H]3C(=O)N(c4ccc(-c5nc6ccccc6o5)cc4)C(=O)[C@@H]23)c1O. The zero-order valence-electron chi connectivity index (χ0n) is 31.5. The number of phenols is 1. The second-order valence-electron chi connectivity index (χ2n) is 15.5. The molecule has 12 heteroatoms. The molecule has 0 bridgehead atoms. The molecule has 2 aliphatic heterocycles. The lowest BCUT2D eigenvalue weighted by molar-refractivity contribution is -0.126. The van der Waals surface area contributed by atoms with Gasteiger partial charge in [0.25, 0.3) is 0 Å². The molecule has 11 rings (SSSR count). The maximum absolute atomic E-state index is 14.7. The molecular weight excluding hydrogens is 749 g/mol. The van der Waals surface area contributed by atoms with Crippen LogP contribution in [0.5, 0.6) is 11.5 Å². The summed E-state index contributed by atoms with van der Waals surface area (Å²) >= 11 is 0. The molecule has 1 N–H and O–H groups in total. The molecule has 2 saturated heterocycles. The maximum atomic E-state index is 14.7. The van der Waals surface area contributed by atoms with E-state index in [1.54, 1.807) is 66.7 Å². The van der Waals surface area contributed by atoms with Crippen LogP contribution in [-0.4, -0.2) is 45.8 Å². The minimum atomic E-state index is -0.876. The molecular formula is C47H34N4O8. The van der Waals surface area contributed by atoms with Gasteiger partial charge in [-0.3, -0.25) is 29.0 Å². The highest BCUT2D eigenvalue weighted by Crippen LogP contribution is 2.60. The summed E-state index contributed by atoms with van der Waals surface area (Å²) in [6.07, 6.45) is 2.40. The highest BCUT2D eigenvalue weighted by molar-refractivity contribution is 6.24. The average Bonchev–Trinajstić information content (AvgIpc) is 4.02. The highest BCUT2D eigenvalue weighted by Gasteiger charge is 2.62. The number of benzene rings is 5. The van der Waals surface area contributed by atoms with Crippen LogP contribution < -0.4 is 14.5 Å². The minimum Gasteiger partial charge on any atom is -0.504 e. The Kier molecular flexibility index (Phi) is 7.74. The third-order valence-corrected chi connectivity index (χ3v) is 12.6. The van der Waals surface area contributed by atoms with Gasteiger partial charge in [-0.1, -0.05) is 48.0 Å². The number of amides is 4. The van der Waals surface area contributed by atoms with Gasteiger partial charge in [-0.2, -0.15) is 0 Å². The number of carbonyl (C=O) groups is 4.